The monoisotopic (exact) mass is 245 g/mol. The zero-order chi connectivity index (χ0) is 12.5. The molecule has 1 saturated carbocycles. The fraction of sp³-hybridized carbons (Fsp3) is 0.385. The summed E-state index contributed by atoms with van der Waals surface area (Å²) in [4.78, 5) is 4.30. The molecular formula is C13H15N3O2. The largest absolute Gasteiger partial charge is 0.508 e. The van der Waals surface area contributed by atoms with Gasteiger partial charge in [0.05, 0.1) is 0 Å². The zero-order valence-corrected chi connectivity index (χ0v) is 9.91. The smallest absolute Gasteiger partial charge is 0.228 e. The van der Waals surface area contributed by atoms with Gasteiger partial charge in [0.1, 0.15) is 5.75 Å². The summed E-state index contributed by atoms with van der Waals surface area (Å²) < 4.78 is 5.18. The molecule has 1 aromatic heterocycles. The average Bonchev–Trinajstić information content (AvgIpc) is 3.10. The van der Waals surface area contributed by atoms with Crippen LogP contribution >= 0.6 is 0 Å². The van der Waals surface area contributed by atoms with Crippen molar-refractivity contribution >= 4 is 0 Å². The highest BCUT2D eigenvalue weighted by Gasteiger charge is 2.29. The number of hydrogen-bond acceptors (Lipinski definition) is 5. The van der Waals surface area contributed by atoms with Gasteiger partial charge in [-0.05, 0) is 30.9 Å². The van der Waals surface area contributed by atoms with Crippen LogP contribution in [-0.2, 0) is 6.42 Å². The summed E-state index contributed by atoms with van der Waals surface area (Å²) in [6, 6.07) is 6.90. The molecule has 3 N–H and O–H groups in total. The molecule has 2 aromatic rings. The maximum absolute atomic E-state index is 9.40. The Morgan fingerprint density at radius 1 is 1.44 bits per heavy atom. The SMILES string of the molecule is NC(Cc1nc(-c2cccc(O)c2)no1)C1CC1. The number of nitrogens with zero attached hydrogens (tertiary/aromatic N) is 2. The Labute approximate surface area is 105 Å². The van der Waals surface area contributed by atoms with Crippen molar-refractivity contribution in [2.45, 2.75) is 25.3 Å². The molecule has 0 aliphatic heterocycles. The molecule has 18 heavy (non-hydrogen) atoms. The van der Waals surface area contributed by atoms with Crippen molar-refractivity contribution in [2.24, 2.45) is 11.7 Å². The fourth-order valence-corrected chi connectivity index (χ4v) is 1.99. The topological polar surface area (TPSA) is 85.2 Å². The molecule has 5 nitrogen and oxygen atoms in total. The van der Waals surface area contributed by atoms with E-state index in [0.29, 0.717) is 24.1 Å². The summed E-state index contributed by atoms with van der Waals surface area (Å²) in [5.41, 5.74) is 6.76. The molecule has 0 amide bonds. The molecule has 5 heteroatoms. The van der Waals surface area contributed by atoms with Gasteiger partial charge < -0.3 is 15.4 Å². The van der Waals surface area contributed by atoms with Gasteiger partial charge in [-0.3, -0.25) is 0 Å². The third-order valence-electron chi connectivity index (χ3n) is 3.21. The first-order valence-corrected chi connectivity index (χ1v) is 6.10. The molecule has 3 rings (SSSR count). The van der Waals surface area contributed by atoms with E-state index >= 15 is 0 Å². The lowest BCUT2D eigenvalue weighted by Crippen LogP contribution is -2.25. The molecule has 1 heterocycles. The maximum Gasteiger partial charge on any atom is 0.228 e. The highest BCUT2D eigenvalue weighted by atomic mass is 16.5. The van der Waals surface area contributed by atoms with Gasteiger partial charge in [-0.25, -0.2) is 0 Å². The second-order valence-corrected chi connectivity index (χ2v) is 4.77. The van der Waals surface area contributed by atoms with Gasteiger partial charge in [0, 0.05) is 18.0 Å². The minimum Gasteiger partial charge on any atom is -0.508 e. The molecule has 0 saturated heterocycles. The summed E-state index contributed by atoms with van der Waals surface area (Å²) in [6.07, 6.45) is 3.03. The van der Waals surface area contributed by atoms with Crippen LogP contribution in [0.25, 0.3) is 11.4 Å². The lowest BCUT2D eigenvalue weighted by atomic mass is 10.1. The summed E-state index contributed by atoms with van der Waals surface area (Å²) in [5, 5.41) is 13.3. The predicted octanol–water partition coefficient (Wildman–Crippen LogP) is 1.72. The Kier molecular flexibility index (Phi) is 2.76. The van der Waals surface area contributed by atoms with Crippen LogP contribution < -0.4 is 5.73 Å². The maximum atomic E-state index is 9.40. The van der Waals surface area contributed by atoms with Crippen LogP contribution in [0.3, 0.4) is 0 Å². The normalized spacial score (nSPS) is 16.7. The standard InChI is InChI=1S/C13H15N3O2/c14-11(8-4-5-8)7-12-15-13(16-18-12)9-2-1-3-10(17)6-9/h1-3,6,8,11,17H,4-5,7,14H2. The Hall–Kier alpha value is -1.88. The predicted molar refractivity (Wildman–Crippen MR) is 65.8 cm³/mol. The van der Waals surface area contributed by atoms with E-state index in [-0.39, 0.29) is 11.8 Å². The van der Waals surface area contributed by atoms with Gasteiger partial charge in [-0.15, -0.1) is 0 Å². The highest BCUT2D eigenvalue weighted by molar-refractivity contribution is 5.56. The number of rotatable bonds is 4. The van der Waals surface area contributed by atoms with E-state index in [2.05, 4.69) is 10.1 Å². The van der Waals surface area contributed by atoms with E-state index in [1.165, 1.54) is 12.8 Å². The first-order chi connectivity index (χ1) is 8.72. The van der Waals surface area contributed by atoms with Crippen molar-refractivity contribution in [3.05, 3.63) is 30.2 Å². The Morgan fingerprint density at radius 2 is 2.28 bits per heavy atom. The van der Waals surface area contributed by atoms with E-state index in [1.807, 2.05) is 6.07 Å². The molecule has 1 aliphatic carbocycles. The number of phenolic OH excluding ortho intramolecular Hbond substituents is 1. The molecule has 1 aromatic carbocycles. The minimum absolute atomic E-state index is 0.113. The van der Waals surface area contributed by atoms with Crippen molar-refractivity contribution in [2.75, 3.05) is 0 Å². The Bertz CT molecular complexity index is 549. The quantitative estimate of drug-likeness (QED) is 0.856. The van der Waals surface area contributed by atoms with Crippen LogP contribution in [0.4, 0.5) is 0 Å². The minimum atomic E-state index is 0.113. The lowest BCUT2D eigenvalue weighted by molar-refractivity contribution is 0.364. The Morgan fingerprint density at radius 3 is 3.00 bits per heavy atom. The van der Waals surface area contributed by atoms with E-state index in [0.717, 1.165) is 5.56 Å². The van der Waals surface area contributed by atoms with Crippen LogP contribution in [0.1, 0.15) is 18.7 Å². The van der Waals surface area contributed by atoms with E-state index in [4.69, 9.17) is 10.3 Å². The van der Waals surface area contributed by atoms with Gasteiger partial charge in [-0.2, -0.15) is 4.98 Å². The fourth-order valence-electron chi connectivity index (χ4n) is 1.99. The third kappa shape index (κ3) is 2.36. The number of benzene rings is 1. The lowest BCUT2D eigenvalue weighted by Gasteiger charge is -2.04. The van der Waals surface area contributed by atoms with Crippen molar-refractivity contribution in [3.63, 3.8) is 0 Å². The molecule has 0 spiro atoms. The molecule has 1 atom stereocenters. The molecular weight excluding hydrogens is 230 g/mol. The summed E-state index contributed by atoms with van der Waals surface area (Å²) in [7, 11) is 0. The summed E-state index contributed by atoms with van der Waals surface area (Å²) in [5.74, 6) is 1.85. The van der Waals surface area contributed by atoms with E-state index in [1.54, 1.807) is 18.2 Å². The first kappa shape index (κ1) is 11.2. The number of aromatic hydroxyl groups is 1. The number of aromatic nitrogens is 2. The summed E-state index contributed by atoms with van der Waals surface area (Å²) in [6.45, 7) is 0. The van der Waals surface area contributed by atoms with Crippen molar-refractivity contribution in [3.8, 4) is 17.1 Å². The number of hydrogen-bond donors (Lipinski definition) is 2. The second-order valence-electron chi connectivity index (χ2n) is 4.77. The van der Waals surface area contributed by atoms with Gasteiger partial charge in [0.25, 0.3) is 0 Å². The number of nitrogens with two attached hydrogens (primary N) is 1. The van der Waals surface area contributed by atoms with Gasteiger partial charge in [0.15, 0.2) is 0 Å². The molecule has 1 aliphatic rings. The van der Waals surface area contributed by atoms with Crippen molar-refractivity contribution in [1.82, 2.24) is 10.1 Å². The zero-order valence-electron chi connectivity index (χ0n) is 9.91. The second kappa shape index (κ2) is 4.42. The summed E-state index contributed by atoms with van der Waals surface area (Å²) >= 11 is 0. The molecule has 0 radical (unpaired) electrons. The van der Waals surface area contributed by atoms with Gasteiger partial charge in [0.2, 0.25) is 11.7 Å². The average molecular weight is 245 g/mol. The Balaban J connectivity index is 1.76. The van der Waals surface area contributed by atoms with Crippen LogP contribution in [0.2, 0.25) is 0 Å². The molecule has 1 fully saturated rings. The van der Waals surface area contributed by atoms with E-state index < -0.39 is 0 Å². The first-order valence-electron chi connectivity index (χ1n) is 6.10. The van der Waals surface area contributed by atoms with Crippen LogP contribution in [0.5, 0.6) is 5.75 Å². The highest BCUT2D eigenvalue weighted by Crippen LogP contribution is 2.32. The van der Waals surface area contributed by atoms with Crippen LogP contribution in [0.15, 0.2) is 28.8 Å². The van der Waals surface area contributed by atoms with E-state index in [9.17, 15) is 5.11 Å². The van der Waals surface area contributed by atoms with Crippen LogP contribution in [-0.4, -0.2) is 21.3 Å². The van der Waals surface area contributed by atoms with Gasteiger partial charge in [-0.1, -0.05) is 17.3 Å². The van der Waals surface area contributed by atoms with Crippen molar-refractivity contribution in [1.29, 1.82) is 0 Å². The van der Waals surface area contributed by atoms with Crippen LogP contribution in [0, 0.1) is 5.92 Å². The molecule has 94 valence electrons. The van der Waals surface area contributed by atoms with Crippen molar-refractivity contribution < 1.29 is 9.63 Å². The third-order valence-corrected chi connectivity index (χ3v) is 3.21. The number of phenols is 1. The van der Waals surface area contributed by atoms with Gasteiger partial charge >= 0.3 is 0 Å². The molecule has 0 bridgehead atoms. The molecule has 1 unspecified atom stereocenters.